The molecule has 0 amide bonds. The Morgan fingerprint density at radius 2 is 1.58 bits per heavy atom. The largest absolute Gasteiger partial charge is 0.375 e. The lowest BCUT2D eigenvalue weighted by Gasteiger charge is -2.36. The highest BCUT2D eigenvalue weighted by Gasteiger charge is 2.29. The first-order valence-electron chi connectivity index (χ1n) is 8.84. The molecule has 3 atom stereocenters. The van der Waals surface area contributed by atoms with Gasteiger partial charge in [-0.1, -0.05) is 52.4 Å². The van der Waals surface area contributed by atoms with Gasteiger partial charge in [-0.2, -0.15) is 0 Å². The standard InChI is InChI=1S/C18H34O/c1-4-5-18-17(12-8-15(3)19-18)13-11-16-9-6-14(2)7-10-16/h14-18H,4-13H2,1-3H3. The summed E-state index contributed by atoms with van der Waals surface area (Å²) in [6.45, 7) is 6.97. The second-order valence-corrected chi connectivity index (χ2v) is 7.31. The number of hydrogen-bond donors (Lipinski definition) is 0. The fourth-order valence-electron chi connectivity index (χ4n) is 4.10. The van der Waals surface area contributed by atoms with Crippen molar-refractivity contribution in [2.45, 2.75) is 97.2 Å². The first-order valence-corrected chi connectivity index (χ1v) is 8.84. The first-order chi connectivity index (χ1) is 9.19. The SMILES string of the molecule is CCCC1OC(C)CCC1CCC1CCC(C)CC1. The summed E-state index contributed by atoms with van der Waals surface area (Å²) in [5.74, 6) is 2.87. The van der Waals surface area contributed by atoms with Crippen molar-refractivity contribution in [3.05, 3.63) is 0 Å². The minimum atomic E-state index is 0.503. The van der Waals surface area contributed by atoms with E-state index in [1.165, 1.54) is 64.2 Å². The van der Waals surface area contributed by atoms with E-state index in [1.54, 1.807) is 0 Å². The summed E-state index contributed by atoms with van der Waals surface area (Å²) in [5.41, 5.74) is 0. The molecule has 1 aliphatic heterocycles. The monoisotopic (exact) mass is 266 g/mol. The van der Waals surface area contributed by atoms with Crippen molar-refractivity contribution in [2.75, 3.05) is 0 Å². The maximum absolute atomic E-state index is 6.20. The van der Waals surface area contributed by atoms with E-state index >= 15 is 0 Å². The Morgan fingerprint density at radius 1 is 0.842 bits per heavy atom. The average molecular weight is 266 g/mol. The molecule has 1 heterocycles. The van der Waals surface area contributed by atoms with Gasteiger partial charge < -0.3 is 4.74 Å². The molecule has 0 aromatic rings. The normalized spacial score (nSPS) is 40.3. The van der Waals surface area contributed by atoms with E-state index in [9.17, 15) is 0 Å². The molecule has 1 heteroatoms. The van der Waals surface area contributed by atoms with Crippen LogP contribution in [0.1, 0.15) is 85.0 Å². The van der Waals surface area contributed by atoms with Crippen molar-refractivity contribution >= 4 is 0 Å². The topological polar surface area (TPSA) is 9.23 Å². The van der Waals surface area contributed by atoms with Crippen LogP contribution in [0.15, 0.2) is 0 Å². The third kappa shape index (κ3) is 4.77. The van der Waals surface area contributed by atoms with E-state index in [4.69, 9.17) is 4.74 Å². The predicted octanol–water partition coefficient (Wildman–Crippen LogP) is 5.58. The van der Waals surface area contributed by atoms with E-state index in [0.717, 1.165) is 17.8 Å². The maximum atomic E-state index is 6.20. The van der Waals surface area contributed by atoms with Gasteiger partial charge in [0, 0.05) is 0 Å². The summed E-state index contributed by atoms with van der Waals surface area (Å²) < 4.78 is 6.20. The van der Waals surface area contributed by atoms with Crippen LogP contribution in [0.3, 0.4) is 0 Å². The average Bonchev–Trinajstić information content (AvgIpc) is 2.40. The number of hydrogen-bond acceptors (Lipinski definition) is 1. The zero-order valence-electron chi connectivity index (χ0n) is 13.4. The Kier molecular flexibility index (Phi) is 6.19. The smallest absolute Gasteiger partial charge is 0.0606 e. The molecule has 1 aliphatic carbocycles. The molecule has 0 aromatic carbocycles. The fourth-order valence-corrected chi connectivity index (χ4v) is 4.10. The Morgan fingerprint density at radius 3 is 2.26 bits per heavy atom. The van der Waals surface area contributed by atoms with E-state index in [2.05, 4.69) is 20.8 Å². The molecule has 3 unspecified atom stereocenters. The highest BCUT2D eigenvalue weighted by Crippen LogP contribution is 2.36. The highest BCUT2D eigenvalue weighted by atomic mass is 16.5. The zero-order chi connectivity index (χ0) is 13.7. The summed E-state index contributed by atoms with van der Waals surface area (Å²) in [7, 11) is 0. The van der Waals surface area contributed by atoms with Crippen LogP contribution >= 0.6 is 0 Å². The van der Waals surface area contributed by atoms with E-state index in [0.29, 0.717) is 12.2 Å². The molecule has 0 aromatic heterocycles. The summed E-state index contributed by atoms with van der Waals surface area (Å²) in [6.07, 6.45) is 15.1. The van der Waals surface area contributed by atoms with Gasteiger partial charge in [-0.05, 0) is 50.4 Å². The number of ether oxygens (including phenoxy) is 1. The van der Waals surface area contributed by atoms with Crippen molar-refractivity contribution in [3.8, 4) is 0 Å². The van der Waals surface area contributed by atoms with Crippen LogP contribution in [0.5, 0.6) is 0 Å². The van der Waals surface area contributed by atoms with Crippen molar-refractivity contribution in [1.82, 2.24) is 0 Å². The van der Waals surface area contributed by atoms with Crippen LogP contribution in [0.25, 0.3) is 0 Å². The van der Waals surface area contributed by atoms with Gasteiger partial charge in [0.15, 0.2) is 0 Å². The van der Waals surface area contributed by atoms with E-state index in [-0.39, 0.29) is 0 Å². The van der Waals surface area contributed by atoms with Gasteiger partial charge in [-0.3, -0.25) is 0 Å². The van der Waals surface area contributed by atoms with Crippen molar-refractivity contribution in [2.24, 2.45) is 17.8 Å². The second kappa shape index (κ2) is 7.67. The van der Waals surface area contributed by atoms with E-state index < -0.39 is 0 Å². The maximum Gasteiger partial charge on any atom is 0.0606 e. The summed E-state index contributed by atoms with van der Waals surface area (Å²) in [4.78, 5) is 0. The molecule has 1 saturated carbocycles. The summed E-state index contributed by atoms with van der Waals surface area (Å²) in [5, 5.41) is 0. The van der Waals surface area contributed by atoms with Gasteiger partial charge in [-0.25, -0.2) is 0 Å². The quantitative estimate of drug-likeness (QED) is 0.631. The van der Waals surface area contributed by atoms with Crippen molar-refractivity contribution in [1.29, 1.82) is 0 Å². The molecule has 19 heavy (non-hydrogen) atoms. The molecule has 112 valence electrons. The van der Waals surface area contributed by atoms with Gasteiger partial charge in [-0.15, -0.1) is 0 Å². The van der Waals surface area contributed by atoms with E-state index in [1.807, 2.05) is 0 Å². The van der Waals surface area contributed by atoms with Crippen LogP contribution in [-0.2, 0) is 4.74 Å². The van der Waals surface area contributed by atoms with Crippen molar-refractivity contribution < 1.29 is 4.74 Å². The lowest BCUT2D eigenvalue weighted by Crippen LogP contribution is -2.34. The molecule has 0 N–H and O–H groups in total. The van der Waals surface area contributed by atoms with Crippen LogP contribution in [0, 0.1) is 17.8 Å². The molecule has 0 bridgehead atoms. The molecule has 1 nitrogen and oxygen atoms in total. The Bertz CT molecular complexity index is 242. The molecular formula is C18H34O. The molecule has 2 rings (SSSR count). The second-order valence-electron chi connectivity index (χ2n) is 7.31. The minimum absolute atomic E-state index is 0.503. The summed E-state index contributed by atoms with van der Waals surface area (Å²) >= 11 is 0. The Balaban J connectivity index is 1.73. The Labute approximate surface area is 120 Å². The minimum Gasteiger partial charge on any atom is -0.375 e. The molecule has 2 fully saturated rings. The molecular weight excluding hydrogens is 232 g/mol. The van der Waals surface area contributed by atoms with Gasteiger partial charge >= 0.3 is 0 Å². The molecule has 1 saturated heterocycles. The van der Waals surface area contributed by atoms with Crippen LogP contribution in [0.2, 0.25) is 0 Å². The first kappa shape index (κ1) is 15.4. The molecule has 0 spiro atoms. The van der Waals surface area contributed by atoms with Crippen molar-refractivity contribution in [3.63, 3.8) is 0 Å². The highest BCUT2D eigenvalue weighted by molar-refractivity contribution is 4.79. The lowest BCUT2D eigenvalue weighted by molar-refractivity contribution is -0.0817. The fraction of sp³-hybridized carbons (Fsp3) is 1.00. The molecule has 0 radical (unpaired) electrons. The van der Waals surface area contributed by atoms with Crippen LogP contribution < -0.4 is 0 Å². The third-order valence-corrected chi connectivity index (χ3v) is 5.53. The Hall–Kier alpha value is -0.0400. The van der Waals surface area contributed by atoms with Crippen LogP contribution in [0.4, 0.5) is 0 Å². The zero-order valence-corrected chi connectivity index (χ0v) is 13.4. The number of rotatable bonds is 5. The van der Waals surface area contributed by atoms with Gasteiger partial charge in [0.05, 0.1) is 12.2 Å². The van der Waals surface area contributed by atoms with Gasteiger partial charge in [0.2, 0.25) is 0 Å². The summed E-state index contributed by atoms with van der Waals surface area (Å²) in [6, 6.07) is 0. The van der Waals surface area contributed by atoms with Gasteiger partial charge in [0.1, 0.15) is 0 Å². The molecule has 2 aliphatic rings. The third-order valence-electron chi connectivity index (χ3n) is 5.53. The lowest BCUT2D eigenvalue weighted by atomic mass is 9.77. The predicted molar refractivity (Wildman–Crippen MR) is 82.3 cm³/mol. The van der Waals surface area contributed by atoms with Gasteiger partial charge in [0.25, 0.3) is 0 Å². The van der Waals surface area contributed by atoms with Crippen LogP contribution in [-0.4, -0.2) is 12.2 Å².